The summed E-state index contributed by atoms with van der Waals surface area (Å²) in [7, 11) is 0. The summed E-state index contributed by atoms with van der Waals surface area (Å²) in [4.78, 5) is 4.73. The Bertz CT molecular complexity index is 556. The number of rotatable bonds is 3. The van der Waals surface area contributed by atoms with E-state index >= 15 is 0 Å². The van der Waals surface area contributed by atoms with Gasteiger partial charge in [-0.15, -0.1) is 22.9 Å². The zero-order valence-electron chi connectivity index (χ0n) is 12.2. The number of hydrogen-bond acceptors (Lipinski definition) is 2. The molecule has 1 aliphatic carbocycles. The molecule has 1 aromatic carbocycles. The minimum atomic E-state index is 0.214. The van der Waals surface area contributed by atoms with Crippen LogP contribution in [0.3, 0.4) is 0 Å². The highest BCUT2D eigenvalue weighted by atomic mass is 35.5. The number of nitrogens with zero attached hydrogens (tertiary/aromatic N) is 1. The van der Waals surface area contributed by atoms with Gasteiger partial charge >= 0.3 is 0 Å². The van der Waals surface area contributed by atoms with Crippen molar-refractivity contribution < 1.29 is 0 Å². The van der Waals surface area contributed by atoms with Crippen LogP contribution in [-0.2, 0) is 6.42 Å². The second kappa shape index (κ2) is 5.65. The largest absolute Gasteiger partial charge is 0.241 e. The van der Waals surface area contributed by atoms with Crippen LogP contribution >= 0.6 is 22.9 Å². The SMILES string of the molecule is CC1(C)CCCCC1C(Cl)Cc1nc2ccccc2s1. The van der Waals surface area contributed by atoms with Gasteiger partial charge in [0, 0.05) is 11.8 Å². The molecular weight excluding hydrogens is 286 g/mol. The Balaban J connectivity index is 1.76. The van der Waals surface area contributed by atoms with E-state index in [0.717, 1.165) is 11.9 Å². The lowest BCUT2D eigenvalue weighted by Crippen LogP contribution is -2.35. The van der Waals surface area contributed by atoms with E-state index in [1.807, 2.05) is 6.07 Å². The Hall–Kier alpha value is -0.600. The molecule has 0 amide bonds. The first-order valence-electron chi connectivity index (χ1n) is 7.55. The van der Waals surface area contributed by atoms with E-state index in [0.29, 0.717) is 11.3 Å². The number of thiazole rings is 1. The summed E-state index contributed by atoms with van der Waals surface area (Å²) < 4.78 is 1.27. The molecule has 1 fully saturated rings. The molecule has 3 rings (SSSR count). The van der Waals surface area contributed by atoms with Gasteiger partial charge < -0.3 is 0 Å². The Morgan fingerprint density at radius 1 is 1.35 bits per heavy atom. The molecule has 1 heterocycles. The zero-order chi connectivity index (χ0) is 14.2. The topological polar surface area (TPSA) is 12.9 Å². The van der Waals surface area contributed by atoms with Crippen LogP contribution in [0.2, 0.25) is 0 Å². The van der Waals surface area contributed by atoms with E-state index in [4.69, 9.17) is 16.6 Å². The van der Waals surface area contributed by atoms with Gasteiger partial charge in [-0.2, -0.15) is 0 Å². The van der Waals surface area contributed by atoms with Crippen LogP contribution in [0.25, 0.3) is 10.2 Å². The van der Waals surface area contributed by atoms with Crippen LogP contribution in [0.4, 0.5) is 0 Å². The van der Waals surface area contributed by atoms with Crippen molar-refractivity contribution >= 4 is 33.2 Å². The van der Waals surface area contributed by atoms with Crippen molar-refractivity contribution in [2.75, 3.05) is 0 Å². The molecule has 108 valence electrons. The predicted octanol–water partition coefficient (Wildman–Crippen LogP) is 5.66. The molecule has 0 radical (unpaired) electrons. The lowest BCUT2D eigenvalue weighted by atomic mass is 9.67. The van der Waals surface area contributed by atoms with Gasteiger partial charge in [-0.3, -0.25) is 0 Å². The molecule has 1 nitrogen and oxygen atoms in total. The average molecular weight is 308 g/mol. The lowest BCUT2D eigenvalue weighted by molar-refractivity contribution is 0.133. The molecule has 3 heteroatoms. The molecule has 1 aromatic heterocycles. The summed E-state index contributed by atoms with van der Waals surface area (Å²) in [5.74, 6) is 0.616. The summed E-state index contributed by atoms with van der Waals surface area (Å²) in [5.41, 5.74) is 1.49. The predicted molar refractivity (Wildman–Crippen MR) is 88.7 cm³/mol. The molecule has 1 aliphatic rings. The molecule has 20 heavy (non-hydrogen) atoms. The van der Waals surface area contributed by atoms with Crippen molar-refractivity contribution in [1.82, 2.24) is 4.98 Å². The van der Waals surface area contributed by atoms with Crippen LogP contribution in [-0.4, -0.2) is 10.4 Å². The number of aromatic nitrogens is 1. The molecule has 2 atom stereocenters. The highest BCUT2D eigenvalue weighted by Crippen LogP contribution is 2.44. The third-order valence-corrected chi connectivity index (χ3v) is 6.25. The van der Waals surface area contributed by atoms with Gasteiger partial charge in [0.15, 0.2) is 0 Å². The standard InChI is InChI=1S/C17H22ClNS/c1-17(2)10-6-5-7-12(17)13(18)11-16-19-14-8-3-4-9-15(14)20-16/h3-4,8-9,12-13H,5-7,10-11H2,1-2H3. The monoisotopic (exact) mass is 307 g/mol. The van der Waals surface area contributed by atoms with Gasteiger partial charge in [0.25, 0.3) is 0 Å². The summed E-state index contributed by atoms with van der Waals surface area (Å²) in [6, 6.07) is 8.36. The van der Waals surface area contributed by atoms with Gasteiger partial charge in [-0.1, -0.05) is 38.8 Å². The average Bonchev–Trinajstić information content (AvgIpc) is 2.80. The van der Waals surface area contributed by atoms with Gasteiger partial charge in [0.2, 0.25) is 0 Å². The van der Waals surface area contributed by atoms with Crippen LogP contribution in [0.5, 0.6) is 0 Å². The maximum Gasteiger partial charge on any atom is 0.0953 e. The molecule has 2 aromatic rings. The van der Waals surface area contributed by atoms with Crippen molar-refractivity contribution in [3.8, 4) is 0 Å². The molecule has 0 spiro atoms. The van der Waals surface area contributed by atoms with Crippen LogP contribution in [0.15, 0.2) is 24.3 Å². The van der Waals surface area contributed by atoms with E-state index in [2.05, 4.69) is 32.0 Å². The zero-order valence-corrected chi connectivity index (χ0v) is 13.8. The number of para-hydroxylation sites is 1. The second-order valence-electron chi connectivity index (χ2n) is 6.64. The summed E-state index contributed by atoms with van der Waals surface area (Å²) >= 11 is 8.57. The third-order valence-electron chi connectivity index (χ3n) is 4.73. The smallest absolute Gasteiger partial charge is 0.0953 e. The highest BCUT2D eigenvalue weighted by molar-refractivity contribution is 7.18. The third kappa shape index (κ3) is 2.87. The molecular formula is C17H22ClNS. The van der Waals surface area contributed by atoms with Crippen LogP contribution in [0.1, 0.15) is 44.5 Å². The Morgan fingerprint density at radius 2 is 2.15 bits per heavy atom. The molecule has 2 unspecified atom stereocenters. The Kier molecular flexibility index (Phi) is 4.05. The maximum absolute atomic E-state index is 6.77. The van der Waals surface area contributed by atoms with E-state index in [1.54, 1.807) is 11.3 Å². The summed E-state index contributed by atoms with van der Waals surface area (Å²) in [6.07, 6.45) is 6.17. The number of alkyl halides is 1. The van der Waals surface area contributed by atoms with Gasteiger partial charge in [-0.25, -0.2) is 4.98 Å². The van der Waals surface area contributed by atoms with Crippen molar-refractivity contribution in [3.05, 3.63) is 29.3 Å². The second-order valence-corrected chi connectivity index (χ2v) is 8.31. The van der Waals surface area contributed by atoms with Gasteiger partial charge in [0.1, 0.15) is 0 Å². The maximum atomic E-state index is 6.77. The number of fused-ring (bicyclic) bond motifs is 1. The van der Waals surface area contributed by atoms with Crippen LogP contribution < -0.4 is 0 Å². The normalized spacial score (nSPS) is 23.9. The Labute approximate surface area is 130 Å². The molecule has 0 saturated heterocycles. The number of halogens is 1. The van der Waals surface area contributed by atoms with E-state index < -0.39 is 0 Å². The molecule has 0 N–H and O–H groups in total. The molecule has 0 bridgehead atoms. The minimum Gasteiger partial charge on any atom is -0.241 e. The summed E-state index contributed by atoms with van der Waals surface area (Å²) in [6.45, 7) is 4.76. The highest BCUT2D eigenvalue weighted by Gasteiger charge is 2.37. The minimum absolute atomic E-state index is 0.214. The first-order chi connectivity index (χ1) is 9.56. The van der Waals surface area contributed by atoms with E-state index in [9.17, 15) is 0 Å². The fraction of sp³-hybridized carbons (Fsp3) is 0.588. The number of hydrogen-bond donors (Lipinski definition) is 0. The van der Waals surface area contributed by atoms with Gasteiger partial charge in [0.05, 0.1) is 15.2 Å². The fourth-order valence-corrected chi connectivity index (χ4v) is 5.24. The van der Waals surface area contributed by atoms with E-state index in [-0.39, 0.29) is 5.38 Å². The fourth-order valence-electron chi connectivity index (χ4n) is 3.51. The van der Waals surface area contributed by atoms with Crippen molar-refractivity contribution in [2.24, 2.45) is 11.3 Å². The van der Waals surface area contributed by atoms with Crippen molar-refractivity contribution in [1.29, 1.82) is 0 Å². The van der Waals surface area contributed by atoms with Crippen molar-refractivity contribution in [2.45, 2.75) is 51.3 Å². The van der Waals surface area contributed by atoms with Crippen molar-refractivity contribution in [3.63, 3.8) is 0 Å². The lowest BCUT2D eigenvalue weighted by Gasteiger charge is -2.41. The number of benzene rings is 1. The van der Waals surface area contributed by atoms with Crippen LogP contribution in [0, 0.1) is 11.3 Å². The van der Waals surface area contributed by atoms with Gasteiger partial charge in [-0.05, 0) is 36.3 Å². The van der Waals surface area contributed by atoms with E-state index in [1.165, 1.54) is 35.4 Å². The first kappa shape index (κ1) is 14.3. The summed E-state index contributed by atoms with van der Waals surface area (Å²) in [5, 5.41) is 1.40. The first-order valence-corrected chi connectivity index (χ1v) is 8.80. The Morgan fingerprint density at radius 3 is 2.90 bits per heavy atom. The molecule has 1 saturated carbocycles. The quantitative estimate of drug-likeness (QED) is 0.666. The molecule has 0 aliphatic heterocycles.